The Morgan fingerprint density at radius 1 is 1.35 bits per heavy atom. The summed E-state index contributed by atoms with van der Waals surface area (Å²) in [5.41, 5.74) is 0. The number of halogens is 1. The lowest BCUT2D eigenvalue weighted by molar-refractivity contribution is 0.0420. The zero-order valence-corrected chi connectivity index (χ0v) is 18.9. The molecule has 2 rings (SSSR count). The third-order valence-corrected chi connectivity index (χ3v) is 5.69. The van der Waals surface area contributed by atoms with Gasteiger partial charge in [0.2, 0.25) is 10.0 Å². The van der Waals surface area contributed by atoms with Gasteiger partial charge >= 0.3 is 0 Å². The van der Waals surface area contributed by atoms with Crippen LogP contribution in [0.15, 0.2) is 4.99 Å². The van der Waals surface area contributed by atoms with Gasteiger partial charge in [-0.3, -0.25) is 4.99 Å². The number of hydrogen-bond acceptors (Lipinski definition) is 5. The molecule has 2 saturated heterocycles. The van der Waals surface area contributed by atoms with Crippen molar-refractivity contribution in [3.05, 3.63) is 0 Å². The van der Waals surface area contributed by atoms with Gasteiger partial charge in [0.25, 0.3) is 0 Å². The largest absolute Gasteiger partial charge is 0.379 e. The highest BCUT2D eigenvalue weighted by molar-refractivity contribution is 14.0. The molecule has 2 heterocycles. The van der Waals surface area contributed by atoms with Gasteiger partial charge in [-0.2, -0.15) is 0 Å². The number of sulfonamides is 1. The SMILES string of the molecule is CCNC(=NCC1CCN(S(C)(=O)=O)C1)NCCCOC1CCOC1.I. The zero-order chi connectivity index (χ0) is 18.1. The molecule has 2 unspecified atom stereocenters. The topological polar surface area (TPSA) is 92.3 Å². The van der Waals surface area contributed by atoms with Crippen LogP contribution in [-0.2, 0) is 19.5 Å². The highest BCUT2D eigenvalue weighted by atomic mass is 127. The maximum atomic E-state index is 11.6. The first-order valence-electron chi connectivity index (χ1n) is 9.15. The molecule has 2 N–H and O–H groups in total. The summed E-state index contributed by atoms with van der Waals surface area (Å²) in [6, 6.07) is 0. The average Bonchev–Trinajstić information content (AvgIpc) is 3.23. The lowest BCUT2D eigenvalue weighted by Gasteiger charge is -2.14. The molecule has 2 aliphatic rings. The van der Waals surface area contributed by atoms with Gasteiger partial charge in [0.1, 0.15) is 0 Å². The molecule has 10 heteroatoms. The third kappa shape index (κ3) is 8.68. The number of nitrogens with one attached hydrogen (secondary N) is 2. The second-order valence-electron chi connectivity index (χ2n) is 6.63. The van der Waals surface area contributed by atoms with E-state index in [9.17, 15) is 8.42 Å². The first-order valence-corrected chi connectivity index (χ1v) is 11.0. The molecular weight excluding hydrogens is 471 g/mol. The molecule has 0 saturated carbocycles. The van der Waals surface area contributed by atoms with Crippen LogP contribution in [0.2, 0.25) is 0 Å². The molecule has 0 aromatic rings. The van der Waals surface area contributed by atoms with E-state index in [0.717, 1.165) is 44.9 Å². The minimum Gasteiger partial charge on any atom is -0.379 e. The van der Waals surface area contributed by atoms with Crippen molar-refractivity contribution in [3.63, 3.8) is 0 Å². The minimum atomic E-state index is -3.08. The van der Waals surface area contributed by atoms with Crippen molar-refractivity contribution >= 4 is 40.0 Å². The summed E-state index contributed by atoms with van der Waals surface area (Å²) in [6.07, 6.45) is 4.29. The van der Waals surface area contributed by atoms with Crippen LogP contribution in [0.4, 0.5) is 0 Å². The summed E-state index contributed by atoms with van der Waals surface area (Å²) in [5, 5.41) is 6.53. The molecule has 0 amide bonds. The van der Waals surface area contributed by atoms with Crippen LogP contribution in [-0.4, -0.2) is 83.6 Å². The number of rotatable bonds is 9. The molecule has 0 bridgehead atoms. The van der Waals surface area contributed by atoms with Crippen molar-refractivity contribution < 1.29 is 17.9 Å². The average molecular weight is 504 g/mol. The summed E-state index contributed by atoms with van der Waals surface area (Å²) in [7, 11) is -3.08. The van der Waals surface area contributed by atoms with E-state index in [1.54, 1.807) is 0 Å². The Morgan fingerprint density at radius 3 is 2.77 bits per heavy atom. The lowest BCUT2D eigenvalue weighted by Crippen LogP contribution is -2.38. The lowest BCUT2D eigenvalue weighted by atomic mass is 10.1. The fourth-order valence-electron chi connectivity index (χ4n) is 2.98. The van der Waals surface area contributed by atoms with Crippen LogP contribution >= 0.6 is 24.0 Å². The maximum absolute atomic E-state index is 11.6. The Morgan fingerprint density at radius 2 is 2.15 bits per heavy atom. The van der Waals surface area contributed by atoms with Crippen molar-refractivity contribution in [3.8, 4) is 0 Å². The van der Waals surface area contributed by atoms with E-state index in [4.69, 9.17) is 9.47 Å². The van der Waals surface area contributed by atoms with Gasteiger partial charge in [-0.15, -0.1) is 24.0 Å². The van der Waals surface area contributed by atoms with Crippen LogP contribution in [0.3, 0.4) is 0 Å². The Labute approximate surface area is 174 Å². The first-order chi connectivity index (χ1) is 12.0. The van der Waals surface area contributed by atoms with E-state index in [1.807, 2.05) is 6.92 Å². The van der Waals surface area contributed by atoms with Gasteiger partial charge in [-0.25, -0.2) is 12.7 Å². The first kappa shape index (κ1) is 23.9. The Kier molecular flexibility index (Phi) is 11.3. The molecule has 0 radical (unpaired) electrons. The number of hydrogen-bond donors (Lipinski definition) is 2. The molecule has 0 aliphatic carbocycles. The standard InChI is InChI=1S/C16H32N4O4S.HI/c1-3-17-16(18-7-4-9-24-15-6-10-23-13-15)19-11-14-5-8-20(12-14)25(2,21)22;/h14-15H,3-13H2,1-2H3,(H2,17,18,19);1H. The van der Waals surface area contributed by atoms with Gasteiger partial charge < -0.3 is 20.1 Å². The van der Waals surface area contributed by atoms with Crippen molar-refractivity contribution in [2.24, 2.45) is 10.9 Å². The van der Waals surface area contributed by atoms with Gasteiger partial charge in [0.15, 0.2) is 5.96 Å². The Balaban J connectivity index is 0.00000338. The van der Waals surface area contributed by atoms with E-state index in [-0.39, 0.29) is 36.0 Å². The van der Waals surface area contributed by atoms with Crippen LogP contribution in [0, 0.1) is 5.92 Å². The van der Waals surface area contributed by atoms with Crippen molar-refractivity contribution in [1.82, 2.24) is 14.9 Å². The fraction of sp³-hybridized carbons (Fsp3) is 0.938. The Bertz CT molecular complexity index is 526. The predicted molar refractivity (Wildman–Crippen MR) is 114 cm³/mol. The third-order valence-electron chi connectivity index (χ3n) is 4.42. The van der Waals surface area contributed by atoms with E-state index >= 15 is 0 Å². The predicted octanol–water partition coefficient (Wildman–Crippen LogP) is 0.637. The van der Waals surface area contributed by atoms with Gasteiger partial charge in [-0.05, 0) is 32.1 Å². The van der Waals surface area contributed by atoms with E-state index < -0.39 is 10.0 Å². The Hall–Kier alpha value is -0.170. The van der Waals surface area contributed by atoms with Gasteiger partial charge in [0.05, 0.1) is 19.0 Å². The molecule has 26 heavy (non-hydrogen) atoms. The molecule has 0 aromatic heterocycles. The van der Waals surface area contributed by atoms with Crippen molar-refractivity contribution in [2.75, 3.05) is 58.8 Å². The highest BCUT2D eigenvalue weighted by Crippen LogP contribution is 2.18. The quantitative estimate of drug-likeness (QED) is 0.207. The highest BCUT2D eigenvalue weighted by Gasteiger charge is 2.28. The summed E-state index contributed by atoms with van der Waals surface area (Å²) < 4.78 is 35.7. The summed E-state index contributed by atoms with van der Waals surface area (Å²) in [4.78, 5) is 4.60. The minimum absolute atomic E-state index is 0. The maximum Gasteiger partial charge on any atom is 0.211 e. The summed E-state index contributed by atoms with van der Waals surface area (Å²) in [5.74, 6) is 1.07. The van der Waals surface area contributed by atoms with Crippen LogP contribution in [0.1, 0.15) is 26.2 Å². The van der Waals surface area contributed by atoms with Crippen molar-refractivity contribution in [2.45, 2.75) is 32.3 Å². The zero-order valence-electron chi connectivity index (χ0n) is 15.8. The van der Waals surface area contributed by atoms with Gasteiger partial charge in [0, 0.05) is 45.9 Å². The number of nitrogens with zero attached hydrogens (tertiary/aromatic N) is 2. The molecule has 154 valence electrons. The monoisotopic (exact) mass is 504 g/mol. The number of ether oxygens (including phenoxy) is 2. The second-order valence-corrected chi connectivity index (χ2v) is 8.61. The molecule has 0 spiro atoms. The summed E-state index contributed by atoms with van der Waals surface area (Å²) in [6.45, 7) is 7.65. The molecule has 8 nitrogen and oxygen atoms in total. The number of guanidine groups is 1. The van der Waals surface area contributed by atoms with Crippen molar-refractivity contribution in [1.29, 1.82) is 0 Å². The number of aliphatic imine (C=N–C) groups is 1. The van der Waals surface area contributed by atoms with E-state index in [2.05, 4.69) is 15.6 Å². The second kappa shape index (κ2) is 12.3. The van der Waals surface area contributed by atoms with E-state index in [0.29, 0.717) is 32.8 Å². The molecule has 2 aliphatic heterocycles. The van der Waals surface area contributed by atoms with Gasteiger partial charge in [-0.1, -0.05) is 0 Å². The van der Waals surface area contributed by atoms with Crippen LogP contribution in [0.5, 0.6) is 0 Å². The molecular formula is C16H33IN4O4S. The normalized spacial score (nSPS) is 24.5. The molecule has 2 fully saturated rings. The van der Waals surface area contributed by atoms with Crippen LogP contribution in [0.25, 0.3) is 0 Å². The smallest absolute Gasteiger partial charge is 0.211 e. The molecule has 0 aromatic carbocycles. The molecule has 2 atom stereocenters. The fourth-order valence-corrected chi connectivity index (χ4v) is 3.90. The summed E-state index contributed by atoms with van der Waals surface area (Å²) >= 11 is 0. The van der Waals surface area contributed by atoms with Crippen LogP contribution < -0.4 is 10.6 Å². The van der Waals surface area contributed by atoms with E-state index in [1.165, 1.54) is 10.6 Å².